The molecule has 0 saturated carbocycles. The van der Waals surface area contributed by atoms with Gasteiger partial charge in [0.05, 0.1) is 19.8 Å². The van der Waals surface area contributed by atoms with E-state index in [9.17, 15) is 9.59 Å². The normalized spacial score (nSPS) is 18.2. The molecule has 1 amide bonds. The zero-order chi connectivity index (χ0) is 20.8. The van der Waals surface area contributed by atoms with E-state index < -0.39 is 5.41 Å². The standard InChI is InChI=1S/C22H18ClNO4S/c1-22(13-6-10-15(28-3)11-7-13)18(25)17-16(12-4-8-14(27-2)9-5-12)19(23)29-20(17)24-21(22)26/h4-11H,1-3H3,(H,24,26). The molecule has 0 spiro atoms. The third kappa shape index (κ3) is 2.99. The maximum absolute atomic E-state index is 13.7. The molecule has 1 aliphatic rings. The monoisotopic (exact) mass is 427 g/mol. The SMILES string of the molecule is COc1ccc(-c2c(Cl)sc3c2C(=O)C(C)(c2ccc(OC)cc2)C(=O)N3)cc1. The summed E-state index contributed by atoms with van der Waals surface area (Å²) in [5.74, 6) is 0.700. The van der Waals surface area contributed by atoms with E-state index >= 15 is 0 Å². The summed E-state index contributed by atoms with van der Waals surface area (Å²) in [7, 11) is 3.16. The molecule has 1 atom stereocenters. The van der Waals surface area contributed by atoms with Crippen molar-refractivity contribution in [2.75, 3.05) is 19.5 Å². The van der Waals surface area contributed by atoms with Crippen LogP contribution in [0.3, 0.4) is 0 Å². The van der Waals surface area contributed by atoms with Gasteiger partial charge in [-0.25, -0.2) is 0 Å². The molecule has 0 radical (unpaired) electrons. The van der Waals surface area contributed by atoms with E-state index in [1.54, 1.807) is 45.4 Å². The Morgan fingerprint density at radius 2 is 1.45 bits per heavy atom. The Morgan fingerprint density at radius 1 is 0.897 bits per heavy atom. The number of halogens is 1. The zero-order valence-corrected chi connectivity index (χ0v) is 17.6. The van der Waals surface area contributed by atoms with Gasteiger partial charge >= 0.3 is 0 Å². The second-order valence-corrected chi connectivity index (χ2v) is 8.44. The van der Waals surface area contributed by atoms with Gasteiger partial charge in [0, 0.05) is 5.56 Å². The second-order valence-electron chi connectivity index (χ2n) is 6.82. The lowest BCUT2D eigenvalue weighted by atomic mass is 9.73. The van der Waals surface area contributed by atoms with E-state index in [0.29, 0.717) is 37.5 Å². The Labute approximate surface area is 177 Å². The van der Waals surface area contributed by atoms with Crippen molar-refractivity contribution in [3.63, 3.8) is 0 Å². The van der Waals surface area contributed by atoms with Crippen molar-refractivity contribution in [1.82, 2.24) is 0 Å². The highest BCUT2D eigenvalue weighted by Crippen LogP contribution is 2.49. The molecule has 3 aromatic rings. The summed E-state index contributed by atoms with van der Waals surface area (Å²) in [5.41, 5.74) is 1.07. The molecular formula is C22H18ClNO4S. The molecule has 1 unspecified atom stereocenters. The number of ketones is 1. The Hall–Kier alpha value is -2.83. The fraction of sp³-hybridized carbons (Fsp3) is 0.182. The molecule has 0 bridgehead atoms. The highest BCUT2D eigenvalue weighted by molar-refractivity contribution is 7.21. The van der Waals surface area contributed by atoms with Crippen LogP contribution in [0.1, 0.15) is 22.8 Å². The first kappa shape index (κ1) is 19.5. The minimum atomic E-state index is -1.37. The molecule has 4 rings (SSSR count). The minimum absolute atomic E-state index is 0.282. The van der Waals surface area contributed by atoms with Crippen molar-refractivity contribution in [1.29, 1.82) is 0 Å². The third-order valence-corrected chi connectivity index (χ3v) is 6.59. The molecule has 1 N–H and O–H groups in total. The molecule has 0 fully saturated rings. The van der Waals surface area contributed by atoms with Gasteiger partial charge < -0.3 is 14.8 Å². The Kier molecular flexibility index (Phi) is 4.84. The molecule has 5 nitrogen and oxygen atoms in total. The first-order valence-corrected chi connectivity index (χ1v) is 10.1. The number of carbonyl (C=O) groups excluding carboxylic acids is 2. The van der Waals surface area contributed by atoms with Crippen LogP contribution in [-0.4, -0.2) is 25.9 Å². The summed E-state index contributed by atoms with van der Waals surface area (Å²) in [6.45, 7) is 1.64. The topological polar surface area (TPSA) is 64.6 Å². The van der Waals surface area contributed by atoms with Crippen molar-refractivity contribution in [3.05, 3.63) is 64.0 Å². The molecule has 29 heavy (non-hydrogen) atoms. The number of rotatable bonds is 4. The first-order chi connectivity index (χ1) is 13.9. The Bertz CT molecular complexity index is 1110. The average molecular weight is 428 g/mol. The van der Waals surface area contributed by atoms with Crippen LogP contribution in [0.5, 0.6) is 11.5 Å². The summed E-state index contributed by atoms with van der Waals surface area (Å²) < 4.78 is 10.8. The number of Topliss-reactive ketones (excluding diaryl/α,β-unsaturated/α-hetero) is 1. The van der Waals surface area contributed by atoms with Gasteiger partial charge in [0.25, 0.3) is 0 Å². The quantitative estimate of drug-likeness (QED) is 0.583. The van der Waals surface area contributed by atoms with E-state index in [4.69, 9.17) is 21.1 Å². The number of ether oxygens (including phenoxy) is 2. The zero-order valence-electron chi connectivity index (χ0n) is 16.0. The number of benzene rings is 2. The fourth-order valence-electron chi connectivity index (χ4n) is 3.49. The van der Waals surface area contributed by atoms with Gasteiger partial charge in [0.1, 0.15) is 26.3 Å². The van der Waals surface area contributed by atoms with E-state index in [1.807, 2.05) is 24.3 Å². The van der Waals surface area contributed by atoms with Gasteiger partial charge in [-0.05, 0) is 42.3 Å². The van der Waals surface area contributed by atoms with Gasteiger partial charge in [-0.2, -0.15) is 0 Å². The molecule has 148 valence electrons. The maximum Gasteiger partial charge on any atom is 0.243 e. The number of amides is 1. The number of anilines is 1. The summed E-state index contributed by atoms with van der Waals surface area (Å²) in [4.78, 5) is 26.6. The van der Waals surface area contributed by atoms with Crippen LogP contribution in [-0.2, 0) is 10.2 Å². The van der Waals surface area contributed by atoms with Crippen molar-refractivity contribution in [2.24, 2.45) is 0 Å². The molecule has 1 aliphatic heterocycles. The number of hydrogen-bond acceptors (Lipinski definition) is 5. The number of nitrogens with one attached hydrogen (secondary N) is 1. The van der Waals surface area contributed by atoms with Crippen LogP contribution in [0, 0.1) is 0 Å². The lowest BCUT2D eigenvalue weighted by Crippen LogP contribution is -2.48. The van der Waals surface area contributed by atoms with Gasteiger partial charge in [0.15, 0.2) is 5.78 Å². The van der Waals surface area contributed by atoms with E-state index in [0.717, 1.165) is 5.56 Å². The summed E-state index contributed by atoms with van der Waals surface area (Å²) in [5, 5.41) is 3.35. The molecule has 2 aromatic carbocycles. The average Bonchev–Trinajstić information content (AvgIpc) is 3.07. The number of hydrogen-bond donors (Lipinski definition) is 1. The van der Waals surface area contributed by atoms with Crippen molar-refractivity contribution < 1.29 is 19.1 Å². The maximum atomic E-state index is 13.7. The van der Waals surface area contributed by atoms with E-state index in [1.165, 1.54) is 11.3 Å². The lowest BCUT2D eigenvalue weighted by Gasteiger charge is -2.32. The highest BCUT2D eigenvalue weighted by atomic mass is 35.5. The van der Waals surface area contributed by atoms with Gasteiger partial charge in [-0.15, -0.1) is 11.3 Å². The molecule has 0 saturated heterocycles. The second kappa shape index (κ2) is 7.21. The van der Waals surface area contributed by atoms with Gasteiger partial charge in [-0.1, -0.05) is 35.9 Å². The number of carbonyl (C=O) groups is 2. The van der Waals surface area contributed by atoms with Crippen molar-refractivity contribution in [2.45, 2.75) is 12.3 Å². The van der Waals surface area contributed by atoms with Crippen LogP contribution in [0.15, 0.2) is 48.5 Å². The molecule has 7 heteroatoms. The Balaban J connectivity index is 1.85. The van der Waals surface area contributed by atoms with E-state index in [-0.39, 0.29) is 11.7 Å². The van der Waals surface area contributed by atoms with Crippen LogP contribution in [0.2, 0.25) is 4.34 Å². The number of fused-ring (bicyclic) bond motifs is 1. The Morgan fingerprint density at radius 3 is 2.00 bits per heavy atom. The van der Waals surface area contributed by atoms with Gasteiger partial charge in [-0.3, -0.25) is 9.59 Å². The summed E-state index contributed by atoms with van der Waals surface area (Å²) in [6.07, 6.45) is 0. The summed E-state index contributed by atoms with van der Waals surface area (Å²) in [6, 6.07) is 14.3. The van der Waals surface area contributed by atoms with Crippen LogP contribution >= 0.6 is 22.9 Å². The molecule has 1 aromatic heterocycles. The molecule has 2 heterocycles. The number of thiophene rings is 1. The third-order valence-electron chi connectivity index (χ3n) is 5.27. The first-order valence-electron chi connectivity index (χ1n) is 8.87. The minimum Gasteiger partial charge on any atom is -0.497 e. The lowest BCUT2D eigenvalue weighted by molar-refractivity contribution is -0.119. The number of methoxy groups -OCH3 is 2. The predicted molar refractivity (Wildman–Crippen MR) is 115 cm³/mol. The van der Waals surface area contributed by atoms with Crippen molar-refractivity contribution in [3.8, 4) is 22.6 Å². The van der Waals surface area contributed by atoms with Crippen LogP contribution < -0.4 is 14.8 Å². The largest absolute Gasteiger partial charge is 0.497 e. The van der Waals surface area contributed by atoms with Crippen LogP contribution in [0.25, 0.3) is 11.1 Å². The van der Waals surface area contributed by atoms with Crippen molar-refractivity contribution >= 4 is 39.6 Å². The smallest absolute Gasteiger partial charge is 0.243 e. The van der Waals surface area contributed by atoms with Gasteiger partial charge in [0.2, 0.25) is 5.91 Å². The predicted octanol–water partition coefficient (Wildman–Crippen LogP) is 5.18. The molecule has 0 aliphatic carbocycles. The fourth-order valence-corrected chi connectivity index (χ4v) is 4.87. The summed E-state index contributed by atoms with van der Waals surface area (Å²) >= 11 is 7.70. The van der Waals surface area contributed by atoms with E-state index in [2.05, 4.69) is 5.32 Å². The van der Waals surface area contributed by atoms with Crippen LogP contribution in [0.4, 0.5) is 5.00 Å². The molecular weight excluding hydrogens is 410 g/mol. The highest BCUT2D eigenvalue weighted by Gasteiger charge is 2.49.